The second kappa shape index (κ2) is 10.8. The van der Waals surface area contributed by atoms with Gasteiger partial charge in [0.1, 0.15) is 0 Å². The number of hydrogen-bond donors (Lipinski definition) is 2. The first-order chi connectivity index (χ1) is 11.0. The smallest absolute Gasteiger partial charge is 0.335 e. The van der Waals surface area contributed by atoms with E-state index in [0.717, 1.165) is 18.4 Å². The van der Waals surface area contributed by atoms with Crippen LogP contribution in [0.3, 0.4) is 0 Å². The molecule has 0 bridgehead atoms. The lowest BCUT2D eigenvalue weighted by Gasteiger charge is -2.09. The van der Waals surface area contributed by atoms with E-state index in [1.807, 2.05) is 0 Å². The predicted octanol–water partition coefficient (Wildman–Crippen LogP) is 5.16. The molecule has 0 atom stereocenters. The van der Waals surface area contributed by atoms with Crippen LogP contribution in [-0.4, -0.2) is 17.0 Å². The first kappa shape index (κ1) is 19.2. The van der Waals surface area contributed by atoms with Crippen LogP contribution in [0.25, 0.3) is 0 Å². The molecule has 128 valence electrons. The van der Waals surface area contributed by atoms with Crippen molar-refractivity contribution >= 4 is 17.6 Å². The average Bonchev–Trinajstić information content (AvgIpc) is 2.51. The SMILES string of the molecule is CCCCCCCCCCC(=O)Nc1ccc(C(=O)O)cc1C. The molecule has 0 aliphatic heterocycles. The summed E-state index contributed by atoms with van der Waals surface area (Å²) in [5.41, 5.74) is 1.71. The number of carboxylic acids is 1. The van der Waals surface area contributed by atoms with E-state index in [4.69, 9.17) is 5.11 Å². The van der Waals surface area contributed by atoms with Gasteiger partial charge in [-0.15, -0.1) is 0 Å². The average molecular weight is 319 g/mol. The molecule has 0 radical (unpaired) electrons. The van der Waals surface area contributed by atoms with Gasteiger partial charge in [-0.2, -0.15) is 0 Å². The van der Waals surface area contributed by atoms with Crippen molar-refractivity contribution in [1.82, 2.24) is 0 Å². The Morgan fingerprint density at radius 1 is 1.00 bits per heavy atom. The van der Waals surface area contributed by atoms with Gasteiger partial charge in [-0.05, 0) is 37.1 Å². The zero-order chi connectivity index (χ0) is 17.1. The van der Waals surface area contributed by atoms with Gasteiger partial charge in [0, 0.05) is 12.1 Å². The summed E-state index contributed by atoms with van der Waals surface area (Å²) < 4.78 is 0. The molecule has 1 aromatic rings. The van der Waals surface area contributed by atoms with Crippen LogP contribution in [0, 0.1) is 6.92 Å². The fourth-order valence-electron chi connectivity index (χ4n) is 2.57. The van der Waals surface area contributed by atoms with Crippen molar-refractivity contribution in [3.05, 3.63) is 29.3 Å². The van der Waals surface area contributed by atoms with Crippen molar-refractivity contribution in [2.45, 2.75) is 71.6 Å². The molecule has 0 aliphatic rings. The maximum absolute atomic E-state index is 11.9. The number of nitrogens with one attached hydrogen (secondary N) is 1. The topological polar surface area (TPSA) is 66.4 Å². The molecule has 0 aliphatic carbocycles. The summed E-state index contributed by atoms with van der Waals surface area (Å²) in [6, 6.07) is 4.75. The van der Waals surface area contributed by atoms with Crippen LogP contribution in [0.5, 0.6) is 0 Å². The highest BCUT2D eigenvalue weighted by Crippen LogP contribution is 2.17. The summed E-state index contributed by atoms with van der Waals surface area (Å²) in [5.74, 6) is -0.952. The van der Waals surface area contributed by atoms with E-state index in [0.29, 0.717) is 12.1 Å². The van der Waals surface area contributed by atoms with E-state index in [-0.39, 0.29) is 11.5 Å². The Morgan fingerprint density at radius 2 is 1.61 bits per heavy atom. The number of hydrogen-bond acceptors (Lipinski definition) is 2. The number of anilines is 1. The molecule has 23 heavy (non-hydrogen) atoms. The molecule has 4 heteroatoms. The zero-order valence-corrected chi connectivity index (χ0v) is 14.4. The largest absolute Gasteiger partial charge is 0.478 e. The summed E-state index contributed by atoms with van der Waals surface area (Å²) in [5, 5.41) is 11.8. The maximum Gasteiger partial charge on any atom is 0.335 e. The molecule has 1 amide bonds. The summed E-state index contributed by atoms with van der Waals surface area (Å²) >= 11 is 0. The standard InChI is InChI=1S/C19H29NO3/c1-3-4-5-6-7-8-9-10-11-18(21)20-17-13-12-16(19(22)23)14-15(17)2/h12-14H,3-11H2,1-2H3,(H,20,21)(H,22,23). The fraction of sp³-hybridized carbons (Fsp3) is 0.579. The Kier molecular flexibility index (Phi) is 9.03. The van der Waals surface area contributed by atoms with E-state index >= 15 is 0 Å². The third-order valence-corrected chi connectivity index (χ3v) is 4.00. The van der Waals surface area contributed by atoms with Gasteiger partial charge in [-0.25, -0.2) is 4.79 Å². The molecule has 0 unspecified atom stereocenters. The summed E-state index contributed by atoms with van der Waals surface area (Å²) in [6.07, 6.45) is 10.2. The van der Waals surface area contributed by atoms with Crippen LogP contribution >= 0.6 is 0 Å². The number of amides is 1. The fourth-order valence-corrected chi connectivity index (χ4v) is 2.57. The minimum Gasteiger partial charge on any atom is -0.478 e. The van der Waals surface area contributed by atoms with E-state index in [1.165, 1.54) is 44.6 Å². The van der Waals surface area contributed by atoms with Crippen LogP contribution in [0.2, 0.25) is 0 Å². The number of carboxylic acid groups (broad SMARTS) is 1. The Balaban J connectivity index is 2.23. The molecule has 0 saturated carbocycles. The lowest BCUT2D eigenvalue weighted by Crippen LogP contribution is -2.12. The van der Waals surface area contributed by atoms with Crippen LogP contribution in [0.4, 0.5) is 5.69 Å². The summed E-state index contributed by atoms with van der Waals surface area (Å²) in [6.45, 7) is 4.02. The van der Waals surface area contributed by atoms with Gasteiger partial charge in [0.25, 0.3) is 0 Å². The third-order valence-electron chi connectivity index (χ3n) is 4.00. The van der Waals surface area contributed by atoms with Crippen LogP contribution in [0.1, 0.15) is 80.6 Å². The Morgan fingerprint density at radius 3 is 2.17 bits per heavy atom. The Bertz CT molecular complexity index is 511. The lowest BCUT2D eigenvalue weighted by molar-refractivity contribution is -0.116. The van der Waals surface area contributed by atoms with Crippen molar-refractivity contribution in [2.24, 2.45) is 0 Å². The highest BCUT2D eigenvalue weighted by atomic mass is 16.4. The lowest BCUT2D eigenvalue weighted by atomic mass is 10.1. The van der Waals surface area contributed by atoms with E-state index in [1.54, 1.807) is 19.1 Å². The molecule has 0 aromatic heterocycles. The highest BCUT2D eigenvalue weighted by molar-refractivity contribution is 5.93. The molecule has 0 spiro atoms. The Hall–Kier alpha value is -1.84. The molecule has 1 aromatic carbocycles. The van der Waals surface area contributed by atoms with Gasteiger partial charge in [-0.1, -0.05) is 51.9 Å². The first-order valence-corrected chi connectivity index (χ1v) is 8.68. The van der Waals surface area contributed by atoms with Crippen molar-refractivity contribution in [3.63, 3.8) is 0 Å². The van der Waals surface area contributed by atoms with Crippen molar-refractivity contribution in [2.75, 3.05) is 5.32 Å². The van der Waals surface area contributed by atoms with Crippen molar-refractivity contribution in [1.29, 1.82) is 0 Å². The summed E-state index contributed by atoms with van der Waals surface area (Å²) in [7, 11) is 0. The molecule has 0 fully saturated rings. The van der Waals surface area contributed by atoms with Crippen molar-refractivity contribution < 1.29 is 14.7 Å². The monoisotopic (exact) mass is 319 g/mol. The molecule has 0 heterocycles. The second-order valence-corrected chi connectivity index (χ2v) is 6.11. The Labute approximate surface area is 139 Å². The number of benzene rings is 1. The van der Waals surface area contributed by atoms with E-state index < -0.39 is 5.97 Å². The van der Waals surface area contributed by atoms with Gasteiger partial charge >= 0.3 is 5.97 Å². The molecule has 2 N–H and O–H groups in total. The van der Waals surface area contributed by atoms with Gasteiger partial charge in [0.05, 0.1) is 5.56 Å². The minimum atomic E-state index is -0.954. The van der Waals surface area contributed by atoms with Gasteiger partial charge in [0.15, 0.2) is 0 Å². The number of carbonyl (C=O) groups is 2. The van der Waals surface area contributed by atoms with Gasteiger partial charge in [0.2, 0.25) is 5.91 Å². The number of aromatic carboxylic acids is 1. The minimum absolute atomic E-state index is 0.00200. The molecular formula is C19H29NO3. The second-order valence-electron chi connectivity index (χ2n) is 6.11. The van der Waals surface area contributed by atoms with Crippen LogP contribution in [0.15, 0.2) is 18.2 Å². The van der Waals surface area contributed by atoms with E-state index in [9.17, 15) is 9.59 Å². The van der Waals surface area contributed by atoms with Crippen LogP contribution < -0.4 is 5.32 Å². The number of rotatable bonds is 11. The maximum atomic E-state index is 11.9. The zero-order valence-electron chi connectivity index (χ0n) is 14.4. The van der Waals surface area contributed by atoms with Gasteiger partial charge < -0.3 is 10.4 Å². The molecule has 1 rings (SSSR count). The summed E-state index contributed by atoms with van der Waals surface area (Å²) in [4.78, 5) is 22.8. The number of unbranched alkanes of at least 4 members (excludes halogenated alkanes) is 7. The van der Waals surface area contributed by atoms with E-state index in [2.05, 4.69) is 12.2 Å². The predicted molar refractivity (Wildman–Crippen MR) is 94.0 cm³/mol. The quantitative estimate of drug-likeness (QED) is 0.553. The molecule has 0 saturated heterocycles. The third kappa shape index (κ3) is 7.82. The first-order valence-electron chi connectivity index (χ1n) is 8.68. The van der Waals surface area contributed by atoms with Crippen molar-refractivity contribution in [3.8, 4) is 0 Å². The number of aryl methyl sites for hydroxylation is 1. The van der Waals surface area contributed by atoms with Crippen LogP contribution in [-0.2, 0) is 4.79 Å². The molecular weight excluding hydrogens is 290 g/mol. The molecule has 4 nitrogen and oxygen atoms in total. The normalized spacial score (nSPS) is 10.5. The highest BCUT2D eigenvalue weighted by Gasteiger charge is 2.08. The van der Waals surface area contributed by atoms with Gasteiger partial charge in [-0.3, -0.25) is 4.79 Å². The number of carbonyl (C=O) groups excluding carboxylic acids is 1.